The lowest BCUT2D eigenvalue weighted by Crippen LogP contribution is -2.07. The molecule has 82 valence electrons. The van der Waals surface area contributed by atoms with Crippen LogP contribution in [0.5, 0.6) is 5.75 Å². The molecule has 0 amide bonds. The highest BCUT2D eigenvalue weighted by Gasteiger charge is 2.07. The highest BCUT2D eigenvalue weighted by Crippen LogP contribution is 2.26. The number of benzene rings is 1. The maximum absolute atomic E-state index is 11.4. The molecule has 0 atom stereocenters. The second-order valence-electron chi connectivity index (χ2n) is 3.51. The lowest BCUT2D eigenvalue weighted by Gasteiger charge is -2.06. The molecule has 0 bridgehead atoms. The minimum Gasteiger partial charge on any atom is -0.425 e. The van der Waals surface area contributed by atoms with Gasteiger partial charge in [0.25, 0.3) is 0 Å². The van der Waals surface area contributed by atoms with E-state index in [1.165, 1.54) is 0 Å². The number of ether oxygens (including phenoxy) is 1. The van der Waals surface area contributed by atoms with Crippen molar-refractivity contribution in [2.75, 3.05) is 0 Å². The van der Waals surface area contributed by atoms with Gasteiger partial charge in [-0.25, -0.2) is 0 Å². The van der Waals surface area contributed by atoms with E-state index in [1.807, 2.05) is 25.1 Å². The maximum Gasteiger partial charge on any atom is 0.311 e. The number of halogens is 1. The summed E-state index contributed by atoms with van der Waals surface area (Å²) in [5.74, 6) is 0.433. The zero-order chi connectivity index (χ0) is 11.3. The Hall–Kier alpha value is -0.830. The number of rotatable bonds is 4. The van der Waals surface area contributed by atoms with E-state index in [0.29, 0.717) is 12.2 Å². The molecule has 0 aliphatic heterocycles. The summed E-state index contributed by atoms with van der Waals surface area (Å²) < 4.78 is 6.04. The largest absolute Gasteiger partial charge is 0.425 e. The summed E-state index contributed by atoms with van der Waals surface area (Å²) in [6.07, 6.45) is 2.36. The van der Waals surface area contributed by atoms with Crippen LogP contribution in [0.4, 0.5) is 0 Å². The van der Waals surface area contributed by atoms with Crippen molar-refractivity contribution in [2.24, 2.45) is 0 Å². The first-order valence-electron chi connectivity index (χ1n) is 5.10. The summed E-state index contributed by atoms with van der Waals surface area (Å²) in [4.78, 5) is 11.4. The average molecular weight is 271 g/mol. The van der Waals surface area contributed by atoms with Crippen LogP contribution in [-0.2, 0) is 4.79 Å². The Kier molecular flexibility index (Phi) is 4.82. The standard InChI is InChI=1S/C12H15BrO2/c1-3-4-5-12(14)15-11-7-6-9(2)8-10(11)13/h6-8H,3-5H2,1-2H3. The van der Waals surface area contributed by atoms with E-state index in [9.17, 15) is 4.79 Å². The van der Waals surface area contributed by atoms with Crippen LogP contribution >= 0.6 is 15.9 Å². The van der Waals surface area contributed by atoms with Crippen molar-refractivity contribution in [3.8, 4) is 5.75 Å². The van der Waals surface area contributed by atoms with Crippen LogP contribution in [0.15, 0.2) is 22.7 Å². The van der Waals surface area contributed by atoms with Crippen LogP contribution in [-0.4, -0.2) is 5.97 Å². The Bertz CT molecular complexity index is 347. The van der Waals surface area contributed by atoms with E-state index in [-0.39, 0.29) is 5.97 Å². The molecule has 0 N–H and O–H groups in total. The zero-order valence-corrected chi connectivity index (χ0v) is 10.6. The van der Waals surface area contributed by atoms with Crippen molar-refractivity contribution in [3.63, 3.8) is 0 Å². The minimum absolute atomic E-state index is 0.165. The first kappa shape index (κ1) is 12.2. The van der Waals surface area contributed by atoms with Gasteiger partial charge in [0.2, 0.25) is 0 Å². The Balaban J connectivity index is 2.60. The van der Waals surface area contributed by atoms with Crippen LogP contribution in [0.1, 0.15) is 31.7 Å². The van der Waals surface area contributed by atoms with Gasteiger partial charge in [-0.15, -0.1) is 0 Å². The van der Waals surface area contributed by atoms with Gasteiger partial charge in [-0.3, -0.25) is 4.79 Å². The molecule has 0 unspecified atom stereocenters. The van der Waals surface area contributed by atoms with Gasteiger partial charge < -0.3 is 4.74 Å². The van der Waals surface area contributed by atoms with Gasteiger partial charge >= 0.3 is 5.97 Å². The fraction of sp³-hybridized carbons (Fsp3) is 0.417. The van der Waals surface area contributed by atoms with Crippen LogP contribution in [0.2, 0.25) is 0 Å². The Labute approximate surface area is 98.8 Å². The average Bonchev–Trinajstić information content (AvgIpc) is 2.19. The fourth-order valence-electron chi connectivity index (χ4n) is 1.18. The molecule has 0 spiro atoms. The molecular formula is C12H15BrO2. The lowest BCUT2D eigenvalue weighted by molar-refractivity contribution is -0.134. The number of carbonyl (C=O) groups is 1. The zero-order valence-electron chi connectivity index (χ0n) is 9.05. The molecule has 0 saturated carbocycles. The van der Waals surface area contributed by atoms with Crippen LogP contribution in [0.25, 0.3) is 0 Å². The summed E-state index contributed by atoms with van der Waals surface area (Å²) in [6.45, 7) is 4.04. The van der Waals surface area contributed by atoms with Gasteiger partial charge in [0, 0.05) is 6.42 Å². The molecule has 0 saturated heterocycles. The summed E-state index contributed by atoms with van der Waals surface area (Å²) in [7, 11) is 0. The molecule has 1 aromatic rings. The Morgan fingerprint density at radius 2 is 2.20 bits per heavy atom. The molecule has 1 rings (SSSR count). The molecular weight excluding hydrogens is 256 g/mol. The molecule has 2 nitrogen and oxygen atoms in total. The molecule has 15 heavy (non-hydrogen) atoms. The first-order chi connectivity index (χ1) is 7.13. The van der Waals surface area contributed by atoms with E-state index in [4.69, 9.17) is 4.74 Å². The third-order valence-electron chi connectivity index (χ3n) is 2.05. The Morgan fingerprint density at radius 1 is 1.47 bits per heavy atom. The summed E-state index contributed by atoms with van der Waals surface area (Å²) in [5, 5.41) is 0. The monoisotopic (exact) mass is 270 g/mol. The third kappa shape index (κ3) is 4.04. The highest BCUT2D eigenvalue weighted by atomic mass is 79.9. The summed E-state index contributed by atoms with van der Waals surface area (Å²) >= 11 is 3.37. The molecule has 0 radical (unpaired) electrons. The lowest BCUT2D eigenvalue weighted by atomic mass is 10.2. The predicted octanol–water partition coefficient (Wildman–Crippen LogP) is 3.85. The maximum atomic E-state index is 11.4. The molecule has 0 aromatic heterocycles. The topological polar surface area (TPSA) is 26.3 Å². The van der Waals surface area contributed by atoms with E-state index >= 15 is 0 Å². The number of aryl methyl sites for hydroxylation is 1. The molecule has 0 fully saturated rings. The Morgan fingerprint density at radius 3 is 2.80 bits per heavy atom. The number of hydrogen-bond acceptors (Lipinski definition) is 2. The second-order valence-corrected chi connectivity index (χ2v) is 4.37. The van der Waals surface area contributed by atoms with Gasteiger partial charge in [0.1, 0.15) is 5.75 Å². The quantitative estimate of drug-likeness (QED) is 0.614. The number of carbonyl (C=O) groups excluding carboxylic acids is 1. The van der Waals surface area contributed by atoms with Gasteiger partial charge in [0.05, 0.1) is 4.47 Å². The van der Waals surface area contributed by atoms with Crippen molar-refractivity contribution in [1.29, 1.82) is 0 Å². The fourth-order valence-corrected chi connectivity index (χ4v) is 1.76. The molecule has 0 aliphatic rings. The normalized spacial score (nSPS) is 10.1. The van der Waals surface area contributed by atoms with Gasteiger partial charge in [0.15, 0.2) is 0 Å². The van der Waals surface area contributed by atoms with Crippen molar-refractivity contribution in [2.45, 2.75) is 33.1 Å². The second kappa shape index (κ2) is 5.91. The van der Waals surface area contributed by atoms with Gasteiger partial charge in [-0.05, 0) is 47.0 Å². The van der Waals surface area contributed by atoms with Crippen LogP contribution in [0, 0.1) is 6.92 Å². The summed E-state index contributed by atoms with van der Waals surface area (Å²) in [5.41, 5.74) is 1.13. The first-order valence-corrected chi connectivity index (χ1v) is 5.89. The van der Waals surface area contributed by atoms with Crippen LogP contribution in [0.3, 0.4) is 0 Å². The molecule has 0 aliphatic carbocycles. The third-order valence-corrected chi connectivity index (χ3v) is 2.67. The molecule has 1 aromatic carbocycles. The van der Waals surface area contributed by atoms with E-state index in [1.54, 1.807) is 0 Å². The predicted molar refractivity (Wildman–Crippen MR) is 64.0 cm³/mol. The molecule has 3 heteroatoms. The molecule has 0 heterocycles. The van der Waals surface area contributed by atoms with Crippen molar-refractivity contribution in [1.82, 2.24) is 0 Å². The van der Waals surface area contributed by atoms with Gasteiger partial charge in [-0.2, -0.15) is 0 Å². The highest BCUT2D eigenvalue weighted by molar-refractivity contribution is 9.10. The minimum atomic E-state index is -0.165. The van der Waals surface area contributed by atoms with Crippen molar-refractivity contribution in [3.05, 3.63) is 28.2 Å². The number of hydrogen-bond donors (Lipinski definition) is 0. The number of esters is 1. The van der Waals surface area contributed by atoms with E-state index < -0.39 is 0 Å². The summed E-state index contributed by atoms with van der Waals surface area (Å²) in [6, 6.07) is 5.67. The van der Waals surface area contributed by atoms with Gasteiger partial charge in [-0.1, -0.05) is 19.4 Å². The smallest absolute Gasteiger partial charge is 0.311 e. The van der Waals surface area contributed by atoms with Crippen molar-refractivity contribution >= 4 is 21.9 Å². The van der Waals surface area contributed by atoms with Crippen molar-refractivity contribution < 1.29 is 9.53 Å². The van der Waals surface area contributed by atoms with Crippen LogP contribution < -0.4 is 4.74 Å². The number of unbranched alkanes of at least 4 members (excludes halogenated alkanes) is 1. The van der Waals surface area contributed by atoms with E-state index in [2.05, 4.69) is 22.9 Å². The SMILES string of the molecule is CCCCC(=O)Oc1ccc(C)cc1Br. The van der Waals surface area contributed by atoms with E-state index in [0.717, 1.165) is 22.9 Å².